The van der Waals surface area contributed by atoms with Crippen molar-refractivity contribution < 1.29 is 18.7 Å². The first-order valence-electron chi connectivity index (χ1n) is 10.4. The van der Waals surface area contributed by atoms with E-state index in [1.54, 1.807) is 19.2 Å². The van der Waals surface area contributed by atoms with E-state index in [1.165, 1.54) is 12.1 Å². The summed E-state index contributed by atoms with van der Waals surface area (Å²) in [5.41, 5.74) is 3.13. The molecular weight excluding hydrogens is 369 g/mol. The SMILES string of the molecule is COCCC(=O)N[C@@H]1C[C@H](c2cccc(-c3ccc(F)cc3)c2)O[C@@H]2CCC[C@@H]12. The van der Waals surface area contributed by atoms with Crippen LogP contribution < -0.4 is 5.32 Å². The van der Waals surface area contributed by atoms with Crippen LogP contribution in [0.25, 0.3) is 11.1 Å². The fourth-order valence-electron chi connectivity index (χ4n) is 4.67. The Bertz CT molecular complexity index is 838. The Labute approximate surface area is 171 Å². The highest BCUT2D eigenvalue weighted by Gasteiger charge is 2.42. The third kappa shape index (κ3) is 4.68. The van der Waals surface area contributed by atoms with E-state index in [0.717, 1.165) is 42.4 Å². The molecule has 0 bridgehead atoms. The summed E-state index contributed by atoms with van der Waals surface area (Å²) in [7, 11) is 1.61. The smallest absolute Gasteiger partial charge is 0.222 e. The van der Waals surface area contributed by atoms with Crippen molar-refractivity contribution >= 4 is 5.91 Å². The molecule has 2 aromatic rings. The van der Waals surface area contributed by atoms with Gasteiger partial charge in [-0.2, -0.15) is 0 Å². The number of carbonyl (C=O) groups is 1. The molecule has 1 saturated heterocycles. The number of carbonyl (C=O) groups excluding carboxylic acids is 1. The fraction of sp³-hybridized carbons (Fsp3) is 0.458. The van der Waals surface area contributed by atoms with Crippen LogP contribution in [0.4, 0.5) is 4.39 Å². The van der Waals surface area contributed by atoms with E-state index in [2.05, 4.69) is 17.4 Å². The third-order valence-electron chi connectivity index (χ3n) is 6.14. The Kier molecular flexibility index (Phi) is 6.26. The Balaban J connectivity index is 1.52. The van der Waals surface area contributed by atoms with Crippen LogP contribution in [0, 0.1) is 11.7 Å². The summed E-state index contributed by atoms with van der Waals surface area (Å²) >= 11 is 0. The molecule has 2 aliphatic rings. The molecule has 0 aromatic heterocycles. The van der Waals surface area contributed by atoms with Gasteiger partial charge in [0.05, 0.1) is 18.8 Å². The third-order valence-corrected chi connectivity index (χ3v) is 6.14. The number of fused-ring (bicyclic) bond motifs is 1. The highest BCUT2D eigenvalue weighted by Crippen LogP contribution is 2.43. The van der Waals surface area contributed by atoms with E-state index >= 15 is 0 Å². The molecular formula is C24H28FNO3. The molecule has 154 valence electrons. The van der Waals surface area contributed by atoms with Gasteiger partial charge in [0.2, 0.25) is 5.91 Å². The van der Waals surface area contributed by atoms with Gasteiger partial charge < -0.3 is 14.8 Å². The molecule has 1 aliphatic heterocycles. The van der Waals surface area contributed by atoms with Gasteiger partial charge in [0.1, 0.15) is 5.82 Å². The van der Waals surface area contributed by atoms with E-state index in [-0.39, 0.29) is 30.0 Å². The minimum absolute atomic E-state index is 0.0446. The highest BCUT2D eigenvalue weighted by molar-refractivity contribution is 5.76. The normalized spacial score (nSPS) is 26.1. The van der Waals surface area contributed by atoms with E-state index in [0.29, 0.717) is 18.9 Å². The summed E-state index contributed by atoms with van der Waals surface area (Å²) in [5, 5.41) is 3.24. The monoisotopic (exact) mass is 397 g/mol. The molecule has 1 saturated carbocycles. The van der Waals surface area contributed by atoms with Crippen molar-refractivity contribution in [2.45, 2.75) is 50.4 Å². The van der Waals surface area contributed by atoms with Gasteiger partial charge in [0, 0.05) is 25.5 Å². The minimum atomic E-state index is -0.236. The molecule has 4 nitrogen and oxygen atoms in total. The largest absolute Gasteiger partial charge is 0.384 e. The van der Waals surface area contributed by atoms with Crippen LogP contribution in [0.5, 0.6) is 0 Å². The van der Waals surface area contributed by atoms with Crippen molar-refractivity contribution in [3.63, 3.8) is 0 Å². The van der Waals surface area contributed by atoms with Gasteiger partial charge in [-0.3, -0.25) is 4.79 Å². The lowest BCUT2D eigenvalue weighted by molar-refractivity contribution is -0.127. The molecule has 29 heavy (non-hydrogen) atoms. The van der Waals surface area contributed by atoms with Crippen molar-refractivity contribution in [3.05, 3.63) is 59.9 Å². The number of amides is 1. The number of nitrogens with one attached hydrogen (secondary N) is 1. The summed E-state index contributed by atoms with van der Waals surface area (Å²) in [6.07, 6.45) is 4.58. The molecule has 0 unspecified atom stereocenters. The second kappa shape index (κ2) is 9.06. The number of ether oxygens (including phenoxy) is 2. The van der Waals surface area contributed by atoms with Gasteiger partial charge in [0.25, 0.3) is 0 Å². The number of methoxy groups -OCH3 is 1. The van der Waals surface area contributed by atoms with Crippen LogP contribution in [0.2, 0.25) is 0 Å². The first-order chi connectivity index (χ1) is 14.1. The summed E-state index contributed by atoms with van der Waals surface area (Å²) in [5.74, 6) is 0.195. The van der Waals surface area contributed by atoms with Crippen molar-refractivity contribution in [2.75, 3.05) is 13.7 Å². The van der Waals surface area contributed by atoms with E-state index in [1.807, 2.05) is 12.1 Å². The lowest BCUT2D eigenvalue weighted by Gasteiger charge is -2.39. The Hall–Kier alpha value is -2.24. The molecule has 2 aromatic carbocycles. The lowest BCUT2D eigenvalue weighted by Crippen LogP contribution is -2.48. The predicted octanol–water partition coefficient (Wildman–Crippen LogP) is 4.64. The maximum Gasteiger partial charge on any atom is 0.222 e. The van der Waals surface area contributed by atoms with E-state index in [9.17, 15) is 9.18 Å². The quantitative estimate of drug-likeness (QED) is 0.772. The van der Waals surface area contributed by atoms with Crippen LogP contribution in [0.15, 0.2) is 48.5 Å². The van der Waals surface area contributed by atoms with Crippen LogP contribution in [0.3, 0.4) is 0 Å². The Morgan fingerprint density at radius 3 is 2.79 bits per heavy atom. The number of rotatable bonds is 6. The standard InChI is InChI=1S/C24H28FNO3/c1-28-13-12-24(27)26-21-15-23(29-22-7-3-6-20(21)22)18-5-2-4-17(14-18)16-8-10-19(25)11-9-16/h2,4-5,8-11,14,20-23H,3,6-7,12-13,15H2,1H3,(H,26,27)/t20-,21+,22+,23+/m0/s1. The number of hydrogen-bond donors (Lipinski definition) is 1. The van der Waals surface area contributed by atoms with Gasteiger partial charge >= 0.3 is 0 Å². The molecule has 2 fully saturated rings. The molecule has 0 radical (unpaired) electrons. The minimum Gasteiger partial charge on any atom is -0.384 e. The second-order valence-electron chi connectivity index (χ2n) is 8.04. The first-order valence-corrected chi connectivity index (χ1v) is 10.4. The summed E-state index contributed by atoms with van der Waals surface area (Å²) < 4.78 is 24.8. The zero-order valence-corrected chi connectivity index (χ0v) is 16.8. The Morgan fingerprint density at radius 1 is 1.17 bits per heavy atom. The highest BCUT2D eigenvalue weighted by atomic mass is 19.1. The van der Waals surface area contributed by atoms with Crippen LogP contribution in [-0.4, -0.2) is 31.8 Å². The molecule has 1 N–H and O–H groups in total. The molecule has 0 spiro atoms. The average Bonchev–Trinajstić information content (AvgIpc) is 3.22. The van der Waals surface area contributed by atoms with Gasteiger partial charge in [0.15, 0.2) is 0 Å². The fourth-order valence-corrected chi connectivity index (χ4v) is 4.67. The molecule has 4 rings (SSSR count). The summed E-state index contributed by atoms with van der Waals surface area (Å²) in [6.45, 7) is 0.437. The Morgan fingerprint density at radius 2 is 2.00 bits per heavy atom. The van der Waals surface area contributed by atoms with Crippen molar-refractivity contribution in [1.82, 2.24) is 5.32 Å². The van der Waals surface area contributed by atoms with Gasteiger partial charge in [-0.1, -0.05) is 36.8 Å². The molecule has 1 amide bonds. The second-order valence-corrected chi connectivity index (χ2v) is 8.04. The average molecular weight is 397 g/mol. The molecule has 4 atom stereocenters. The maximum absolute atomic E-state index is 13.3. The zero-order chi connectivity index (χ0) is 20.2. The van der Waals surface area contributed by atoms with Gasteiger partial charge in [-0.15, -0.1) is 0 Å². The van der Waals surface area contributed by atoms with Crippen molar-refractivity contribution in [3.8, 4) is 11.1 Å². The number of halogens is 1. The van der Waals surface area contributed by atoms with Gasteiger partial charge in [-0.05, 0) is 54.2 Å². The predicted molar refractivity (Wildman–Crippen MR) is 110 cm³/mol. The molecule has 1 heterocycles. The van der Waals surface area contributed by atoms with Crippen molar-refractivity contribution in [1.29, 1.82) is 0 Å². The molecule has 5 heteroatoms. The summed E-state index contributed by atoms with van der Waals surface area (Å²) in [6, 6.07) is 14.9. The van der Waals surface area contributed by atoms with Crippen LogP contribution in [0.1, 0.15) is 43.8 Å². The number of hydrogen-bond acceptors (Lipinski definition) is 3. The van der Waals surface area contributed by atoms with E-state index < -0.39 is 0 Å². The van der Waals surface area contributed by atoms with Crippen LogP contribution in [-0.2, 0) is 14.3 Å². The summed E-state index contributed by atoms with van der Waals surface area (Å²) in [4.78, 5) is 12.3. The van der Waals surface area contributed by atoms with Crippen molar-refractivity contribution in [2.24, 2.45) is 5.92 Å². The first kappa shape index (κ1) is 20.0. The van der Waals surface area contributed by atoms with Gasteiger partial charge in [-0.25, -0.2) is 4.39 Å². The maximum atomic E-state index is 13.3. The molecule has 1 aliphatic carbocycles. The number of benzene rings is 2. The van der Waals surface area contributed by atoms with Crippen LogP contribution >= 0.6 is 0 Å². The topological polar surface area (TPSA) is 47.6 Å². The van der Waals surface area contributed by atoms with E-state index in [4.69, 9.17) is 9.47 Å². The lowest BCUT2D eigenvalue weighted by atomic mass is 9.85. The zero-order valence-electron chi connectivity index (χ0n) is 16.8.